The van der Waals surface area contributed by atoms with Gasteiger partial charge in [0.05, 0.1) is 4.86 Å². The van der Waals surface area contributed by atoms with Gasteiger partial charge < -0.3 is 0 Å². The smallest absolute Gasteiger partial charge is 0.184 e. The van der Waals surface area contributed by atoms with Crippen LogP contribution < -0.4 is 10.6 Å². The van der Waals surface area contributed by atoms with Crippen molar-refractivity contribution >= 4 is 33.7 Å². The first kappa shape index (κ1) is 15.0. The van der Waals surface area contributed by atoms with Crippen LogP contribution in [-0.4, -0.2) is 13.3 Å². The van der Waals surface area contributed by atoms with E-state index in [0.29, 0.717) is 11.3 Å². The summed E-state index contributed by atoms with van der Waals surface area (Å²) in [5.41, 5.74) is 0. The van der Waals surface area contributed by atoms with E-state index >= 15 is 0 Å². The number of rotatable bonds is 3. The van der Waals surface area contributed by atoms with Crippen molar-refractivity contribution < 1.29 is 8.42 Å². The van der Waals surface area contributed by atoms with E-state index in [2.05, 4.69) is 30.3 Å². The molecule has 0 saturated carbocycles. The first-order valence-electron chi connectivity index (χ1n) is 6.98. The van der Waals surface area contributed by atoms with E-state index < -0.39 is 18.2 Å². The third-order valence-corrected chi connectivity index (χ3v) is 6.68. The quantitative estimate of drug-likeness (QED) is 0.642. The van der Waals surface area contributed by atoms with E-state index in [1.807, 2.05) is 42.5 Å². The molecule has 0 amide bonds. The average Bonchev–Trinajstić information content (AvgIpc) is 2.57. The van der Waals surface area contributed by atoms with Gasteiger partial charge in [0, 0.05) is 6.42 Å². The van der Waals surface area contributed by atoms with Gasteiger partial charge in [-0.2, -0.15) is 8.42 Å². The van der Waals surface area contributed by atoms with Crippen molar-refractivity contribution in [1.82, 2.24) is 0 Å². The number of benzene rings is 2. The van der Waals surface area contributed by atoms with Crippen molar-refractivity contribution in [3.05, 3.63) is 84.2 Å². The van der Waals surface area contributed by atoms with Crippen LogP contribution in [0.1, 0.15) is 6.42 Å². The van der Waals surface area contributed by atoms with Crippen LogP contribution in [0.4, 0.5) is 0 Å². The van der Waals surface area contributed by atoms with E-state index in [9.17, 15) is 8.42 Å². The summed E-state index contributed by atoms with van der Waals surface area (Å²) in [6.07, 6.45) is 6.06. The maximum atomic E-state index is 11.3. The lowest BCUT2D eigenvalue weighted by Crippen LogP contribution is -2.15. The second kappa shape index (κ2) is 6.87. The van der Waals surface area contributed by atoms with Gasteiger partial charge in [-0.05, 0) is 29.9 Å². The fraction of sp³-hybridized carbons (Fsp3) is 0.0556. The molecule has 4 heteroatoms. The molecule has 2 aromatic rings. The van der Waals surface area contributed by atoms with Gasteiger partial charge in [0.2, 0.25) is 10.3 Å². The van der Waals surface area contributed by atoms with Gasteiger partial charge in [0.15, 0.2) is 0 Å². The zero-order valence-electron chi connectivity index (χ0n) is 11.9. The van der Waals surface area contributed by atoms with Gasteiger partial charge in [-0.3, -0.25) is 0 Å². The zero-order chi connectivity index (χ0) is 15.4. The Balaban J connectivity index is 2.10. The highest BCUT2D eigenvalue weighted by atomic mass is 32.2. The summed E-state index contributed by atoms with van der Waals surface area (Å²) < 4.78 is 22.6. The van der Waals surface area contributed by atoms with Crippen molar-refractivity contribution in [2.75, 3.05) is 0 Å². The Bertz CT molecular complexity index is 803. The molecule has 0 spiro atoms. The highest BCUT2D eigenvalue weighted by Crippen LogP contribution is 2.45. The van der Waals surface area contributed by atoms with Crippen LogP contribution in [0.15, 0.2) is 84.2 Å². The van der Waals surface area contributed by atoms with Crippen LogP contribution in [0.3, 0.4) is 0 Å². The summed E-state index contributed by atoms with van der Waals surface area (Å²) in [6.45, 7) is 0. The molecule has 0 radical (unpaired) electrons. The Hall–Kier alpha value is -1.96. The van der Waals surface area contributed by atoms with Crippen molar-refractivity contribution in [3.63, 3.8) is 0 Å². The monoisotopic (exact) mass is 326 g/mol. The molecular formula is C18H15O2PS. The predicted molar refractivity (Wildman–Crippen MR) is 94.8 cm³/mol. The third-order valence-electron chi connectivity index (χ3n) is 3.46. The van der Waals surface area contributed by atoms with Crippen LogP contribution in [0, 0.1) is 0 Å². The van der Waals surface area contributed by atoms with E-state index in [-0.39, 0.29) is 0 Å². The van der Waals surface area contributed by atoms with Crippen molar-refractivity contribution in [2.24, 2.45) is 0 Å². The number of hydrogen-bond acceptors (Lipinski definition) is 2. The standard InChI is InChI=1S/C18H15O2PS/c19-22(20)18-13-7-12-17(14-18)21(15-8-3-1-4-9-15)16-10-5-2-6-11-16/h1-13H,14H2. The maximum absolute atomic E-state index is 11.3. The van der Waals surface area contributed by atoms with Crippen LogP contribution in [0.2, 0.25) is 0 Å². The zero-order valence-corrected chi connectivity index (χ0v) is 13.6. The van der Waals surface area contributed by atoms with Crippen molar-refractivity contribution in [3.8, 4) is 0 Å². The van der Waals surface area contributed by atoms with E-state index in [1.54, 1.807) is 6.08 Å². The maximum Gasteiger partial charge on any atom is 0.217 e. The molecule has 0 aliphatic heterocycles. The highest BCUT2D eigenvalue weighted by molar-refractivity contribution is 7.77. The van der Waals surface area contributed by atoms with Crippen LogP contribution in [0.25, 0.3) is 0 Å². The normalized spacial score (nSPS) is 14.0. The van der Waals surface area contributed by atoms with Crippen LogP contribution in [0.5, 0.6) is 0 Å². The third kappa shape index (κ3) is 3.27. The first-order valence-corrected chi connectivity index (χ1v) is 9.40. The molecule has 2 nitrogen and oxygen atoms in total. The molecule has 0 heterocycles. The SMILES string of the molecule is O=S(=O)=C1C=CC=C(P(c2ccccc2)c2ccccc2)C1. The lowest BCUT2D eigenvalue weighted by molar-refractivity contribution is 0.627. The number of hydrogen-bond donors (Lipinski definition) is 0. The molecular weight excluding hydrogens is 311 g/mol. The average molecular weight is 326 g/mol. The largest absolute Gasteiger partial charge is 0.217 e. The summed E-state index contributed by atoms with van der Waals surface area (Å²) in [4.78, 5) is 0.455. The fourth-order valence-corrected chi connectivity index (χ4v) is 5.50. The first-order chi connectivity index (χ1) is 10.8. The molecule has 2 aromatic carbocycles. The Morgan fingerprint density at radius 2 is 1.36 bits per heavy atom. The Kier molecular flexibility index (Phi) is 4.67. The summed E-state index contributed by atoms with van der Waals surface area (Å²) in [7, 11) is -2.86. The summed E-state index contributed by atoms with van der Waals surface area (Å²) in [6, 6.07) is 20.6. The lowest BCUT2D eigenvalue weighted by atomic mass is 10.2. The minimum absolute atomic E-state index is 0.455. The van der Waals surface area contributed by atoms with E-state index in [1.165, 1.54) is 10.6 Å². The van der Waals surface area contributed by atoms with Gasteiger partial charge in [0.25, 0.3) is 0 Å². The minimum Gasteiger partial charge on any atom is -0.184 e. The van der Waals surface area contributed by atoms with Crippen LogP contribution >= 0.6 is 7.92 Å². The fourth-order valence-electron chi connectivity index (χ4n) is 2.47. The molecule has 22 heavy (non-hydrogen) atoms. The molecule has 0 fully saturated rings. The molecule has 110 valence electrons. The Morgan fingerprint density at radius 3 is 1.86 bits per heavy atom. The van der Waals surface area contributed by atoms with Gasteiger partial charge in [-0.25, -0.2) is 0 Å². The van der Waals surface area contributed by atoms with Crippen LogP contribution in [-0.2, 0) is 10.3 Å². The summed E-state index contributed by atoms with van der Waals surface area (Å²) in [5, 5.41) is 3.64. The van der Waals surface area contributed by atoms with Crippen molar-refractivity contribution in [2.45, 2.75) is 6.42 Å². The lowest BCUT2D eigenvalue weighted by Gasteiger charge is -2.23. The molecule has 0 aromatic heterocycles. The molecule has 0 N–H and O–H groups in total. The molecule has 3 rings (SSSR count). The van der Waals surface area contributed by atoms with Gasteiger partial charge in [0.1, 0.15) is 0 Å². The molecule has 0 saturated heterocycles. The van der Waals surface area contributed by atoms with E-state index in [4.69, 9.17) is 0 Å². The molecule has 0 atom stereocenters. The molecule has 0 unspecified atom stereocenters. The van der Waals surface area contributed by atoms with E-state index in [0.717, 1.165) is 5.31 Å². The van der Waals surface area contributed by atoms with Gasteiger partial charge in [-0.15, -0.1) is 0 Å². The minimum atomic E-state index is -2.15. The van der Waals surface area contributed by atoms with Gasteiger partial charge >= 0.3 is 0 Å². The Morgan fingerprint density at radius 1 is 0.818 bits per heavy atom. The Labute approximate surface area is 133 Å². The topological polar surface area (TPSA) is 34.1 Å². The van der Waals surface area contributed by atoms with Gasteiger partial charge in [-0.1, -0.05) is 72.8 Å². The molecule has 0 bridgehead atoms. The second-order valence-electron chi connectivity index (χ2n) is 4.90. The number of allylic oxidation sites excluding steroid dienone is 4. The predicted octanol–water partition coefficient (Wildman–Crippen LogP) is 3.01. The molecule has 1 aliphatic rings. The summed E-state index contributed by atoms with van der Waals surface area (Å²) >= 11 is 0. The second-order valence-corrected chi connectivity index (χ2v) is 8.17. The van der Waals surface area contributed by atoms with Crippen molar-refractivity contribution in [1.29, 1.82) is 0 Å². The molecule has 1 aliphatic carbocycles. The highest BCUT2D eigenvalue weighted by Gasteiger charge is 2.20. The summed E-state index contributed by atoms with van der Waals surface area (Å²) in [5.74, 6) is 0.